The molecule has 0 amide bonds. The molecule has 2 rings (SSSR count). The molecule has 0 aliphatic heterocycles. The van der Waals surface area contributed by atoms with Crippen molar-refractivity contribution in [2.45, 2.75) is 31.1 Å². The zero-order valence-corrected chi connectivity index (χ0v) is 12.1. The van der Waals surface area contributed by atoms with Crippen molar-refractivity contribution in [1.82, 2.24) is 14.7 Å². The van der Waals surface area contributed by atoms with E-state index in [2.05, 4.69) is 26.9 Å². The number of anilines is 1. The van der Waals surface area contributed by atoms with Gasteiger partial charge in [-0.05, 0) is 18.3 Å². The number of rotatable bonds is 5. The predicted molar refractivity (Wildman–Crippen MR) is 73.3 cm³/mol. The second kappa shape index (κ2) is 5.83. The van der Waals surface area contributed by atoms with Gasteiger partial charge in [-0.3, -0.25) is 0 Å². The molecular weight excluding hydrogens is 264 g/mol. The fourth-order valence-electron chi connectivity index (χ4n) is 2.41. The first kappa shape index (κ1) is 14.2. The van der Waals surface area contributed by atoms with Crippen LogP contribution in [0, 0.1) is 11.8 Å². The average molecular weight is 284 g/mol. The molecule has 2 unspecified atom stereocenters. The summed E-state index contributed by atoms with van der Waals surface area (Å²) in [7, 11) is -1.82. The van der Waals surface area contributed by atoms with Crippen LogP contribution in [0.2, 0.25) is 0 Å². The van der Waals surface area contributed by atoms with E-state index in [4.69, 9.17) is 0 Å². The van der Waals surface area contributed by atoms with E-state index in [-0.39, 0.29) is 4.90 Å². The molecule has 0 spiro atoms. The quantitative estimate of drug-likeness (QED) is 0.849. The zero-order valence-electron chi connectivity index (χ0n) is 11.3. The molecule has 2 atom stereocenters. The van der Waals surface area contributed by atoms with Crippen LogP contribution in [0.1, 0.15) is 26.2 Å². The summed E-state index contributed by atoms with van der Waals surface area (Å²) in [5, 5.41) is 2.75. The van der Waals surface area contributed by atoms with Crippen molar-refractivity contribution in [2.24, 2.45) is 11.8 Å². The number of nitrogens with zero attached hydrogens (tertiary/aromatic N) is 2. The molecule has 1 aliphatic carbocycles. The fraction of sp³-hybridized carbons (Fsp3) is 0.667. The Kier molecular flexibility index (Phi) is 4.36. The lowest BCUT2D eigenvalue weighted by Crippen LogP contribution is -2.30. The van der Waals surface area contributed by atoms with Crippen LogP contribution in [0.25, 0.3) is 0 Å². The van der Waals surface area contributed by atoms with Crippen molar-refractivity contribution in [3.05, 3.63) is 12.4 Å². The largest absolute Gasteiger partial charge is 0.357 e. The molecule has 106 valence electrons. The molecule has 1 fully saturated rings. The van der Waals surface area contributed by atoms with Gasteiger partial charge in [-0.25, -0.2) is 23.1 Å². The Labute approximate surface area is 114 Å². The second-order valence-corrected chi connectivity index (χ2v) is 6.78. The number of sulfonamides is 1. The van der Waals surface area contributed by atoms with E-state index in [0.29, 0.717) is 24.3 Å². The monoisotopic (exact) mass is 284 g/mol. The highest BCUT2D eigenvalue weighted by molar-refractivity contribution is 7.89. The summed E-state index contributed by atoms with van der Waals surface area (Å²) in [4.78, 5) is 7.94. The van der Waals surface area contributed by atoms with Gasteiger partial charge >= 0.3 is 0 Å². The van der Waals surface area contributed by atoms with E-state index in [0.717, 1.165) is 6.42 Å². The molecule has 0 saturated heterocycles. The lowest BCUT2D eigenvalue weighted by atomic mass is 9.99. The highest BCUT2D eigenvalue weighted by Crippen LogP contribution is 2.30. The maximum absolute atomic E-state index is 12.1. The summed E-state index contributed by atoms with van der Waals surface area (Å²) in [6.45, 7) is 2.67. The predicted octanol–water partition coefficient (Wildman–Crippen LogP) is 1.23. The number of nitrogens with one attached hydrogen (secondary N) is 2. The van der Waals surface area contributed by atoms with Crippen molar-refractivity contribution in [2.75, 3.05) is 18.9 Å². The third kappa shape index (κ3) is 3.42. The molecule has 7 heteroatoms. The Hall–Kier alpha value is -1.21. The van der Waals surface area contributed by atoms with Gasteiger partial charge in [0.1, 0.15) is 4.90 Å². The average Bonchev–Trinajstić information content (AvgIpc) is 2.82. The third-order valence-electron chi connectivity index (χ3n) is 3.74. The van der Waals surface area contributed by atoms with Gasteiger partial charge in [0.2, 0.25) is 16.0 Å². The second-order valence-electron chi connectivity index (χ2n) is 5.01. The highest BCUT2D eigenvalue weighted by atomic mass is 32.2. The van der Waals surface area contributed by atoms with Gasteiger partial charge < -0.3 is 5.32 Å². The van der Waals surface area contributed by atoms with Crippen molar-refractivity contribution in [3.8, 4) is 0 Å². The Morgan fingerprint density at radius 1 is 1.32 bits per heavy atom. The van der Waals surface area contributed by atoms with Gasteiger partial charge in [0.05, 0.1) is 12.4 Å². The zero-order chi connectivity index (χ0) is 13.9. The Balaban J connectivity index is 2.01. The molecule has 1 aliphatic rings. The Bertz CT molecular complexity index is 515. The summed E-state index contributed by atoms with van der Waals surface area (Å²) < 4.78 is 26.8. The van der Waals surface area contributed by atoms with Crippen molar-refractivity contribution < 1.29 is 8.42 Å². The van der Waals surface area contributed by atoms with E-state index in [1.807, 2.05) is 0 Å². The molecule has 0 radical (unpaired) electrons. The Morgan fingerprint density at radius 3 is 2.53 bits per heavy atom. The van der Waals surface area contributed by atoms with Crippen molar-refractivity contribution >= 4 is 16.0 Å². The number of hydrogen-bond donors (Lipinski definition) is 2. The van der Waals surface area contributed by atoms with Crippen LogP contribution in [-0.4, -0.2) is 32.0 Å². The van der Waals surface area contributed by atoms with Crippen molar-refractivity contribution in [3.63, 3.8) is 0 Å². The van der Waals surface area contributed by atoms with Crippen LogP contribution in [0.3, 0.4) is 0 Å². The first-order valence-corrected chi connectivity index (χ1v) is 8.00. The van der Waals surface area contributed by atoms with Crippen LogP contribution in [-0.2, 0) is 10.0 Å². The standard InChI is InChI=1S/C12H20N4O2S/c1-9-4-3-5-10(9)6-16-19(17,18)11-7-14-12(13-2)15-8-11/h7-10,16H,3-6H2,1-2H3,(H,13,14,15). The van der Waals surface area contributed by atoms with E-state index in [1.165, 1.54) is 25.2 Å². The third-order valence-corrected chi connectivity index (χ3v) is 5.11. The maximum atomic E-state index is 12.1. The molecular formula is C12H20N4O2S. The molecule has 1 aromatic heterocycles. The van der Waals surface area contributed by atoms with E-state index >= 15 is 0 Å². The normalized spacial score (nSPS) is 23.5. The first-order valence-electron chi connectivity index (χ1n) is 6.52. The molecule has 19 heavy (non-hydrogen) atoms. The maximum Gasteiger partial charge on any atom is 0.243 e. The lowest BCUT2D eigenvalue weighted by Gasteiger charge is -2.15. The molecule has 0 aromatic carbocycles. The van der Waals surface area contributed by atoms with Crippen LogP contribution >= 0.6 is 0 Å². The summed E-state index contributed by atoms with van der Waals surface area (Å²) >= 11 is 0. The summed E-state index contributed by atoms with van der Waals surface area (Å²) in [6, 6.07) is 0. The molecule has 1 saturated carbocycles. The smallest absolute Gasteiger partial charge is 0.243 e. The minimum Gasteiger partial charge on any atom is -0.357 e. The minimum absolute atomic E-state index is 0.108. The molecule has 1 aromatic rings. The van der Waals surface area contributed by atoms with E-state index < -0.39 is 10.0 Å². The van der Waals surface area contributed by atoms with Gasteiger partial charge in [-0.15, -0.1) is 0 Å². The van der Waals surface area contributed by atoms with Crippen LogP contribution < -0.4 is 10.0 Å². The van der Waals surface area contributed by atoms with Crippen molar-refractivity contribution in [1.29, 1.82) is 0 Å². The molecule has 0 bridgehead atoms. The molecule has 2 N–H and O–H groups in total. The Morgan fingerprint density at radius 2 is 2.00 bits per heavy atom. The minimum atomic E-state index is -3.50. The summed E-state index contributed by atoms with van der Waals surface area (Å²) in [5.41, 5.74) is 0. The number of aromatic nitrogens is 2. The SMILES string of the molecule is CNc1ncc(S(=O)(=O)NCC2CCCC2C)cn1. The van der Waals surface area contributed by atoms with Gasteiger partial charge in [0, 0.05) is 13.6 Å². The molecule has 1 heterocycles. The summed E-state index contributed by atoms with van der Waals surface area (Å²) in [6.07, 6.45) is 6.11. The van der Waals surface area contributed by atoms with Gasteiger partial charge in [0.25, 0.3) is 0 Å². The van der Waals surface area contributed by atoms with E-state index in [1.54, 1.807) is 7.05 Å². The van der Waals surface area contributed by atoms with Gasteiger partial charge in [-0.2, -0.15) is 0 Å². The van der Waals surface area contributed by atoms with Gasteiger partial charge in [-0.1, -0.05) is 19.8 Å². The van der Waals surface area contributed by atoms with Crippen LogP contribution in [0.5, 0.6) is 0 Å². The van der Waals surface area contributed by atoms with Crippen LogP contribution in [0.15, 0.2) is 17.3 Å². The topological polar surface area (TPSA) is 84.0 Å². The molecule has 6 nitrogen and oxygen atoms in total. The number of hydrogen-bond acceptors (Lipinski definition) is 5. The lowest BCUT2D eigenvalue weighted by molar-refractivity contribution is 0.414. The fourth-order valence-corrected chi connectivity index (χ4v) is 3.39. The van der Waals surface area contributed by atoms with Crippen LogP contribution in [0.4, 0.5) is 5.95 Å². The first-order chi connectivity index (χ1) is 9.03. The van der Waals surface area contributed by atoms with Gasteiger partial charge in [0.15, 0.2) is 0 Å². The van der Waals surface area contributed by atoms with E-state index in [9.17, 15) is 8.42 Å². The highest BCUT2D eigenvalue weighted by Gasteiger charge is 2.25. The summed E-state index contributed by atoms with van der Waals surface area (Å²) in [5.74, 6) is 1.43.